The Morgan fingerprint density at radius 3 is 2.15 bits per heavy atom. The average molecular weight is 384 g/mol. The minimum Gasteiger partial charge on any atom is -0.458 e. The fraction of sp³-hybridized carbons (Fsp3) is 0.810. The van der Waals surface area contributed by atoms with Crippen molar-refractivity contribution in [2.24, 2.45) is 5.92 Å². The summed E-state index contributed by atoms with van der Waals surface area (Å²) in [5, 5.41) is 10.2. The van der Waals surface area contributed by atoms with Crippen LogP contribution in [0, 0.1) is 5.92 Å². The molecule has 0 saturated carbocycles. The van der Waals surface area contributed by atoms with Crippen LogP contribution in [0.4, 0.5) is 4.79 Å². The summed E-state index contributed by atoms with van der Waals surface area (Å²) in [6.07, 6.45) is 4.25. The van der Waals surface area contributed by atoms with E-state index < -0.39 is 35.4 Å². The second kappa shape index (κ2) is 9.09. The molecule has 2 unspecified atom stereocenters. The molecule has 4 atom stereocenters. The Morgan fingerprint density at radius 2 is 1.70 bits per heavy atom. The molecule has 6 nitrogen and oxygen atoms in total. The van der Waals surface area contributed by atoms with Crippen LogP contribution in [-0.2, 0) is 14.3 Å². The lowest BCUT2D eigenvalue weighted by atomic mass is 9.93. The van der Waals surface area contributed by atoms with Crippen molar-refractivity contribution in [3.63, 3.8) is 0 Å². The molecule has 27 heavy (non-hydrogen) atoms. The molecule has 6 heteroatoms. The number of allylic oxidation sites excluding steroid dienone is 1. The summed E-state index contributed by atoms with van der Waals surface area (Å²) < 4.78 is 11.1. The number of rotatable bonds is 5. The monoisotopic (exact) mass is 383 g/mol. The summed E-state index contributed by atoms with van der Waals surface area (Å²) in [4.78, 5) is 27.3. The third-order valence-corrected chi connectivity index (χ3v) is 4.39. The second-order valence-corrected chi connectivity index (χ2v) is 9.23. The molecule has 0 radical (unpaired) electrons. The minimum absolute atomic E-state index is 0.0405. The third-order valence-electron chi connectivity index (χ3n) is 4.39. The van der Waals surface area contributed by atoms with Crippen molar-refractivity contribution in [3.05, 3.63) is 12.2 Å². The summed E-state index contributed by atoms with van der Waals surface area (Å²) in [6, 6.07) is -1.04. The highest BCUT2D eigenvalue weighted by atomic mass is 16.6. The Bertz CT molecular complexity index is 544. The van der Waals surface area contributed by atoms with Gasteiger partial charge in [0, 0.05) is 12.0 Å². The number of esters is 1. The van der Waals surface area contributed by atoms with E-state index in [9.17, 15) is 14.7 Å². The van der Waals surface area contributed by atoms with Crippen molar-refractivity contribution in [2.75, 3.05) is 0 Å². The summed E-state index contributed by atoms with van der Waals surface area (Å²) in [5.41, 5.74) is -1.32. The number of carbonyl (C=O) groups is 2. The highest BCUT2D eigenvalue weighted by Crippen LogP contribution is 2.36. The fourth-order valence-electron chi connectivity index (χ4n) is 3.31. The number of aliphatic hydroxyl groups is 1. The smallest absolute Gasteiger partial charge is 0.411 e. The lowest BCUT2D eigenvalue weighted by Gasteiger charge is -2.34. The van der Waals surface area contributed by atoms with E-state index >= 15 is 0 Å². The number of aliphatic hydroxyl groups excluding tert-OH is 1. The molecule has 0 aliphatic carbocycles. The average Bonchev–Trinajstić information content (AvgIpc) is 2.83. The topological polar surface area (TPSA) is 76.1 Å². The van der Waals surface area contributed by atoms with Gasteiger partial charge in [-0.25, -0.2) is 9.59 Å². The summed E-state index contributed by atoms with van der Waals surface area (Å²) in [6.45, 7) is 14.6. The van der Waals surface area contributed by atoms with Gasteiger partial charge in [0.05, 0.1) is 6.10 Å². The Labute approximate surface area is 163 Å². The Kier molecular flexibility index (Phi) is 7.90. The first-order valence-corrected chi connectivity index (χ1v) is 9.84. The normalized spacial score (nSPS) is 24.9. The third kappa shape index (κ3) is 7.17. The molecule has 156 valence electrons. The maximum absolute atomic E-state index is 13.0. The standard InChI is InChI=1S/C21H37NO5/c1-9-11-14-12-17(18(24)26-20(3,4)5)22(16(14)13-15(23)10-2)19(25)27-21(6,7)8/h9,11,14-17,23H,10,12-13H2,1-8H3/t14?,15?,16-,17+/m0/s1. The number of hydrogen-bond donors (Lipinski definition) is 1. The van der Waals surface area contributed by atoms with Gasteiger partial charge < -0.3 is 14.6 Å². The van der Waals surface area contributed by atoms with E-state index in [4.69, 9.17) is 9.47 Å². The Morgan fingerprint density at radius 1 is 1.15 bits per heavy atom. The van der Waals surface area contributed by atoms with E-state index in [1.165, 1.54) is 4.90 Å². The molecule has 0 spiro atoms. The molecule has 1 heterocycles. The van der Waals surface area contributed by atoms with Gasteiger partial charge in [0.25, 0.3) is 0 Å². The molecule has 1 fully saturated rings. The van der Waals surface area contributed by atoms with E-state index in [2.05, 4.69) is 0 Å². The molecule has 0 bridgehead atoms. The number of nitrogens with zero attached hydrogens (tertiary/aromatic N) is 1. The van der Waals surface area contributed by atoms with Crippen LogP contribution in [0.2, 0.25) is 0 Å². The van der Waals surface area contributed by atoms with Crippen LogP contribution in [0.15, 0.2) is 12.2 Å². The van der Waals surface area contributed by atoms with Crippen LogP contribution in [0.1, 0.15) is 74.7 Å². The Balaban J connectivity index is 3.24. The van der Waals surface area contributed by atoms with Crippen molar-refractivity contribution in [3.8, 4) is 0 Å². The number of likely N-dealkylation sites (tertiary alicyclic amines) is 1. The van der Waals surface area contributed by atoms with Gasteiger partial charge in [-0.2, -0.15) is 0 Å². The number of amides is 1. The largest absolute Gasteiger partial charge is 0.458 e. The first-order chi connectivity index (χ1) is 12.3. The molecule has 0 aromatic rings. The van der Waals surface area contributed by atoms with Crippen molar-refractivity contribution >= 4 is 12.1 Å². The van der Waals surface area contributed by atoms with Gasteiger partial charge in [0.1, 0.15) is 17.2 Å². The molecule has 1 amide bonds. The Hall–Kier alpha value is -1.56. The molecule has 1 rings (SSSR count). The zero-order chi connectivity index (χ0) is 21.0. The van der Waals surface area contributed by atoms with Gasteiger partial charge >= 0.3 is 12.1 Å². The zero-order valence-corrected chi connectivity index (χ0v) is 18.1. The summed E-state index contributed by atoms with van der Waals surface area (Å²) in [7, 11) is 0. The minimum atomic E-state index is -0.727. The SMILES string of the molecule is CC=CC1C[C@H](C(=O)OC(C)(C)C)N(C(=O)OC(C)(C)C)[C@H]1CC(O)CC. The number of hydrogen-bond acceptors (Lipinski definition) is 5. The van der Waals surface area contributed by atoms with Crippen LogP contribution in [0.3, 0.4) is 0 Å². The van der Waals surface area contributed by atoms with Gasteiger partial charge in [-0.1, -0.05) is 19.1 Å². The van der Waals surface area contributed by atoms with Gasteiger partial charge in [0.15, 0.2) is 0 Å². The first kappa shape index (κ1) is 23.5. The van der Waals surface area contributed by atoms with E-state index in [1.807, 2.05) is 26.0 Å². The lowest BCUT2D eigenvalue weighted by molar-refractivity contribution is -0.160. The van der Waals surface area contributed by atoms with E-state index in [1.54, 1.807) is 41.5 Å². The van der Waals surface area contributed by atoms with Crippen molar-refractivity contribution < 1.29 is 24.2 Å². The van der Waals surface area contributed by atoms with Crippen LogP contribution in [0.5, 0.6) is 0 Å². The molecule has 1 aliphatic heterocycles. The van der Waals surface area contributed by atoms with E-state index in [0.29, 0.717) is 19.3 Å². The predicted octanol–water partition coefficient (Wildman–Crippen LogP) is 4.06. The maximum atomic E-state index is 13.0. The maximum Gasteiger partial charge on any atom is 0.411 e. The molecular weight excluding hydrogens is 346 g/mol. The zero-order valence-electron chi connectivity index (χ0n) is 18.1. The highest BCUT2D eigenvalue weighted by Gasteiger charge is 2.49. The van der Waals surface area contributed by atoms with Gasteiger partial charge in [0.2, 0.25) is 0 Å². The van der Waals surface area contributed by atoms with Gasteiger partial charge in [-0.05, 0) is 67.7 Å². The lowest BCUT2D eigenvalue weighted by Crippen LogP contribution is -2.50. The molecule has 0 aromatic carbocycles. The molecule has 1 aliphatic rings. The summed E-state index contributed by atoms with van der Waals surface area (Å²) >= 11 is 0. The number of carbonyl (C=O) groups excluding carboxylic acids is 2. The van der Waals surface area contributed by atoms with Crippen molar-refractivity contribution in [1.82, 2.24) is 4.90 Å². The van der Waals surface area contributed by atoms with Gasteiger partial charge in [-0.15, -0.1) is 0 Å². The van der Waals surface area contributed by atoms with Crippen LogP contribution in [0.25, 0.3) is 0 Å². The summed E-state index contributed by atoms with van der Waals surface area (Å²) in [5.74, 6) is -0.474. The number of ether oxygens (including phenoxy) is 2. The highest BCUT2D eigenvalue weighted by molar-refractivity contribution is 5.83. The van der Waals surface area contributed by atoms with E-state index in [-0.39, 0.29) is 12.0 Å². The van der Waals surface area contributed by atoms with Crippen LogP contribution >= 0.6 is 0 Å². The van der Waals surface area contributed by atoms with Crippen LogP contribution < -0.4 is 0 Å². The molecule has 1 N–H and O–H groups in total. The quantitative estimate of drug-likeness (QED) is 0.572. The van der Waals surface area contributed by atoms with Crippen molar-refractivity contribution in [2.45, 2.75) is 104 Å². The van der Waals surface area contributed by atoms with Gasteiger partial charge in [-0.3, -0.25) is 4.90 Å². The first-order valence-electron chi connectivity index (χ1n) is 9.84. The molecule has 0 aromatic heterocycles. The molecule has 1 saturated heterocycles. The molecular formula is C21H37NO5. The second-order valence-electron chi connectivity index (χ2n) is 9.23. The van der Waals surface area contributed by atoms with Crippen LogP contribution in [-0.4, -0.2) is 51.5 Å². The van der Waals surface area contributed by atoms with E-state index in [0.717, 1.165) is 0 Å². The van der Waals surface area contributed by atoms with Crippen molar-refractivity contribution in [1.29, 1.82) is 0 Å². The predicted molar refractivity (Wildman–Crippen MR) is 105 cm³/mol. The fourth-order valence-corrected chi connectivity index (χ4v) is 3.31.